The predicted octanol–water partition coefficient (Wildman–Crippen LogP) is 1.76. The molecule has 0 bridgehead atoms. The summed E-state index contributed by atoms with van der Waals surface area (Å²) >= 11 is 0. The van der Waals surface area contributed by atoms with E-state index < -0.39 is 0 Å². The summed E-state index contributed by atoms with van der Waals surface area (Å²) in [6, 6.07) is 8.31. The Labute approximate surface area is 109 Å². The quantitative estimate of drug-likeness (QED) is 0.714. The van der Waals surface area contributed by atoms with Gasteiger partial charge in [-0.2, -0.15) is 0 Å². The number of ether oxygens (including phenoxy) is 2. The summed E-state index contributed by atoms with van der Waals surface area (Å²) in [5.41, 5.74) is 6.45. The second-order valence-corrected chi connectivity index (χ2v) is 4.68. The van der Waals surface area contributed by atoms with E-state index in [2.05, 4.69) is 4.90 Å². The van der Waals surface area contributed by atoms with E-state index in [4.69, 9.17) is 15.2 Å². The largest absolute Gasteiger partial charge is 0.492 e. The third-order valence-electron chi connectivity index (χ3n) is 3.15. The maximum absolute atomic E-state index is 5.71. The molecule has 0 unspecified atom stereocenters. The summed E-state index contributed by atoms with van der Waals surface area (Å²) in [7, 11) is 1.74. The highest BCUT2D eigenvalue weighted by molar-refractivity contribution is 5.43. The van der Waals surface area contributed by atoms with Crippen molar-refractivity contribution in [2.45, 2.75) is 18.9 Å². The number of rotatable bonds is 8. The molecule has 0 aliphatic heterocycles. The number of benzene rings is 1. The van der Waals surface area contributed by atoms with Gasteiger partial charge in [0.05, 0.1) is 6.61 Å². The summed E-state index contributed by atoms with van der Waals surface area (Å²) < 4.78 is 10.8. The Morgan fingerprint density at radius 3 is 2.72 bits per heavy atom. The molecule has 2 rings (SSSR count). The fraction of sp³-hybridized carbons (Fsp3) is 0.571. The van der Waals surface area contributed by atoms with Crippen LogP contribution in [-0.4, -0.2) is 44.4 Å². The zero-order valence-electron chi connectivity index (χ0n) is 11.0. The van der Waals surface area contributed by atoms with Crippen molar-refractivity contribution in [2.24, 2.45) is 0 Å². The van der Waals surface area contributed by atoms with Crippen molar-refractivity contribution in [3.8, 4) is 5.75 Å². The summed E-state index contributed by atoms with van der Waals surface area (Å²) in [6.45, 7) is 3.42. The van der Waals surface area contributed by atoms with Gasteiger partial charge < -0.3 is 15.2 Å². The second-order valence-electron chi connectivity index (χ2n) is 4.68. The Kier molecular flexibility index (Phi) is 4.84. The van der Waals surface area contributed by atoms with Gasteiger partial charge in [0.1, 0.15) is 12.4 Å². The van der Waals surface area contributed by atoms with Crippen molar-refractivity contribution in [1.82, 2.24) is 4.90 Å². The van der Waals surface area contributed by atoms with Crippen molar-refractivity contribution < 1.29 is 9.47 Å². The molecule has 1 aromatic rings. The first kappa shape index (κ1) is 13.2. The molecule has 0 amide bonds. The van der Waals surface area contributed by atoms with Gasteiger partial charge in [0.25, 0.3) is 0 Å². The fourth-order valence-corrected chi connectivity index (χ4v) is 2.01. The number of hydrogen-bond donors (Lipinski definition) is 1. The first-order valence-electron chi connectivity index (χ1n) is 6.51. The van der Waals surface area contributed by atoms with Gasteiger partial charge in [0, 0.05) is 38.0 Å². The molecule has 2 N–H and O–H groups in total. The van der Waals surface area contributed by atoms with Gasteiger partial charge in [-0.1, -0.05) is 6.07 Å². The highest BCUT2D eigenvalue weighted by Crippen LogP contribution is 2.26. The minimum Gasteiger partial charge on any atom is -0.492 e. The van der Waals surface area contributed by atoms with Crippen LogP contribution < -0.4 is 10.5 Å². The molecule has 0 heterocycles. The molecular formula is C14H22N2O2. The van der Waals surface area contributed by atoms with Crippen LogP contribution in [0.4, 0.5) is 5.69 Å². The van der Waals surface area contributed by atoms with Crippen LogP contribution in [0.3, 0.4) is 0 Å². The first-order chi connectivity index (χ1) is 8.79. The highest BCUT2D eigenvalue weighted by atomic mass is 16.5. The number of methoxy groups -OCH3 is 1. The molecule has 1 aliphatic carbocycles. The van der Waals surface area contributed by atoms with E-state index in [-0.39, 0.29) is 0 Å². The molecule has 4 nitrogen and oxygen atoms in total. The molecule has 0 aromatic heterocycles. The van der Waals surface area contributed by atoms with Gasteiger partial charge in [-0.05, 0) is 25.0 Å². The number of nitrogens with two attached hydrogens (primary N) is 1. The van der Waals surface area contributed by atoms with Crippen molar-refractivity contribution in [3.63, 3.8) is 0 Å². The lowest BCUT2D eigenvalue weighted by atomic mass is 10.3. The summed E-state index contributed by atoms with van der Waals surface area (Å²) in [5.74, 6) is 0.845. The first-order valence-corrected chi connectivity index (χ1v) is 6.51. The van der Waals surface area contributed by atoms with Gasteiger partial charge in [-0.15, -0.1) is 0 Å². The van der Waals surface area contributed by atoms with Crippen LogP contribution in [0.5, 0.6) is 5.75 Å². The van der Waals surface area contributed by atoms with E-state index in [9.17, 15) is 0 Å². The maximum atomic E-state index is 5.71. The lowest BCUT2D eigenvalue weighted by molar-refractivity contribution is 0.130. The smallest absolute Gasteiger partial charge is 0.121 e. The lowest BCUT2D eigenvalue weighted by Gasteiger charge is -2.21. The van der Waals surface area contributed by atoms with E-state index in [0.717, 1.165) is 37.2 Å². The summed E-state index contributed by atoms with van der Waals surface area (Å²) in [6.07, 6.45) is 2.62. The van der Waals surface area contributed by atoms with Crippen molar-refractivity contribution >= 4 is 5.69 Å². The molecule has 1 fully saturated rings. The van der Waals surface area contributed by atoms with Gasteiger partial charge in [-0.25, -0.2) is 0 Å². The number of nitrogens with zero attached hydrogens (tertiary/aromatic N) is 1. The van der Waals surface area contributed by atoms with Crippen LogP contribution in [-0.2, 0) is 4.74 Å². The molecule has 1 aromatic carbocycles. The zero-order valence-corrected chi connectivity index (χ0v) is 11.0. The molecule has 1 aliphatic rings. The van der Waals surface area contributed by atoms with Crippen LogP contribution in [0.25, 0.3) is 0 Å². The summed E-state index contributed by atoms with van der Waals surface area (Å²) in [4.78, 5) is 2.44. The van der Waals surface area contributed by atoms with E-state index in [0.29, 0.717) is 6.61 Å². The van der Waals surface area contributed by atoms with Gasteiger partial charge in [0.2, 0.25) is 0 Å². The Morgan fingerprint density at radius 2 is 2.06 bits per heavy atom. The molecule has 100 valence electrons. The molecule has 0 saturated heterocycles. The minimum atomic E-state index is 0.698. The fourth-order valence-electron chi connectivity index (χ4n) is 2.01. The van der Waals surface area contributed by atoms with Crippen LogP contribution >= 0.6 is 0 Å². The molecule has 1 saturated carbocycles. The average Bonchev–Trinajstić information content (AvgIpc) is 3.18. The van der Waals surface area contributed by atoms with Gasteiger partial charge in [-0.3, -0.25) is 4.90 Å². The Bertz CT molecular complexity index is 367. The Balaban J connectivity index is 1.72. The van der Waals surface area contributed by atoms with Gasteiger partial charge in [0.15, 0.2) is 0 Å². The van der Waals surface area contributed by atoms with Crippen molar-refractivity contribution in [2.75, 3.05) is 39.1 Å². The van der Waals surface area contributed by atoms with Gasteiger partial charge >= 0.3 is 0 Å². The van der Waals surface area contributed by atoms with E-state index in [1.807, 2.05) is 24.3 Å². The van der Waals surface area contributed by atoms with Crippen LogP contribution in [0, 0.1) is 0 Å². The van der Waals surface area contributed by atoms with Crippen LogP contribution in [0.15, 0.2) is 24.3 Å². The molecule has 0 atom stereocenters. The van der Waals surface area contributed by atoms with Crippen molar-refractivity contribution in [1.29, 1.82) is 0 Å². The number of anilines is 1. The zero-order chi connectivity index (χ0) is 12.8. The molecule has 4 heteroatoms. The molecule has 0 radical (unpaired) electrons. The van der Waals surface area contributed by atoms with E-state index in [1.165, 1.54) is 12.8 Å². The molecule has 0 spiro atoms. The highest BCUT2D eigenvalue weighted by Gasteiger charge is 2.28. The Hall–Kier alpha value is -1.26. The number of hydrogen-bond acceptors (Lipinski definition) is 4. The van der Waals surface area contributed by atoms with Crippen LogP contribution in [0.1, 0.15) is 12.8 Å². The van der Waals surface area contributed by atoms with E-state index >= 15 is 0 Å². The van der Waals surface area contributed by atoms with Crippen LogP contribution in [0.2, 0.25) is 0 Å². The Morgan fingerprint density at radius 1 is 1.28 bits per heavy atom. The topological polar surface area (TPSA) is 47.7 Å². The normalized spacial score (nSPS) is 15.0. The third kappa shape index (κ3) is 4.20. The van der Waals surface area contributed by atoms with Crippen molar-refractivity contribution in [3.05, 3.63) is 24.3 Å². The summed E-state index contributed by atoms with van der Waals surface area (Å²) in [5, 5.41) is 0. The molecule has 18 heavy (non-hydrogen) atoms. The third-order valence-corrected chi connectivity index (χ3v) is 3.15. The average molecular weight is 250 g/mol. The van der Waals surface area contributed by atoms with E-state index in [1.54, 1.807) is 7.11 Å². The monoisotopic (exact) mass is 250 g/mol. The number of nitrogen functional groups attached to an aromatic ring is 1. The minimum absolute atomic E-state index is 0.698. The second kappa shape index (κ2) is 6.61. The standard InChI is InChI=1S/C14H22N2O2/c1-17-9-7-16(13-5-6-13)8-10-18-14-4-2-3-12(15)11-14/h2-4,11,13H,5-10,15H2,1H3. The predicted molar refractivity (Wildman–Crippen MR) is 72.8 cm³/mol. The molecular weight excluding hydrogens is 228 g/mol. The maximum Gasteiger partial charge on any atom is 0.121 e. The SMILES string of the molecule is COCCN(CCOc1cccc(N)c1)C1CC1. The lowest BCUT2D eigenvalue weighted by Crippen LogP contribution is -2.33.